The van der Waals surface area contributed by atoms with Crippen LogP contribution in [-0.4, -0.2) is 5.97 Å². The Balaban J connectivity index is 2.33. The van der Waals surface area contributed by atoms with Crippen molar-refractivity contribution in [2.45, 2.75) is 13.8 Å². The first kappa shape index (κ1) is 15.2. The number of carbonyl (C=O) groups is 1. The molecular weight excluding hydrogens is 319 g/mol. The Bertz CT molecular complexity index is 664. The topological polar surface area (TPSA) is 26.3 Å². The Hall–Kier alpha value is -1.22. The van der Waals surface area contributed by atoms with E-state index in [0.717, 1.165) is 11.1 Å². The van der Waals surface area contributed by atoms with E-state index in [1.807, 2.05) is 19.1 Å². The third-order valence-corrected chi connectivity index (χ3v) is 4.01. The lowest BCUT2D eigenvalue weighted by Gasteiger charge is -2.11. The summed E-state index contributed by atoms with van der Waals surface area (Å²) in [7, 11) is 0. The van der Waals surface area contributed by atoms with E-state index in [0.29, 0.717) is 10.6 Å². The highest BCUT2D eigenvalue weighted by atomic mass is 35.5. The first-order chi connectivity index (χ1) is 9.40. The van der Waals surface area contributed by atoms with Crippen LogP contribution in [0.1, 0.15) is 21.5 Å². The molecule has 0 unspecified atom stereocenters. The van der Waals surface area contributed by atoms with Gasteiger partial charge in [-0.2, -0.15) is 0 Å². The van der Waals surface area contributed by atoms with E-state index >= 15 is 0 Å². The summed E-state index contributed by atoms with van der Waals surface area (Å²) in [6.45, 7) is 3.70. The van der Waals surface area contributed by atoms with Crippen LogP contribution in [0.3, 0.4) is 0 Å². The summed E-state index contributed by atoms with van der Waals surface area (Å²) in [5.74, 6) is -0.455. The minimum atomic E-state index is -0.534. The predicted molar refractivity (Wildman–Crippen MR) is 82.3 cm³/mol. The maximum absolute atomic E-state index is 12.0. The van der Waals surface area contributed by atoms with Gasteiger partial charge >= 0.3 is 5.97 Å². The lowest BCUT2D eigenvalue weighted by atomic mass is 10.1. The van der Waals surface area contributed by atoms with E-state index < -0.39 is 5.97 Å². The molecule has 0 aliphatic heterocycles. The molecule has 0 atom stereocenters. The van der Waals surface area contributed by atoms with Gasteiger partial charge in [0.2, 0.25) is 0 Å². The molecule has 5 heteroatoms. The molecule has 2 nitrogen and oxygen atoms in total. The minimum Gasteiger partial charge on any atom is -0.420 e. The normalized spacial score (nSPS) is 10.4. The number of ether oxygens (including phenoxy) is 1. The molecule has 20 heavy (non-hydrogen) atoms. The lowest BCUT2D eigenvalue weighted by Crippen LogP contribution is -2.09. The number of hydrogen-bond donors (Lipinski definition) is 0. The quantitative estimate of drug-likeness (QED) is 0.414. The fraction of sp³-hybridized carbons (Fsp3) is 0.133. The second kappa shape index (κ2) is 6.04. The van der Waals surface area contributed by atoms with Crippen LogP contribution in [0.4, 0.5) is 0 Å². The zero-order valence-electron chi connectivity index (χ0n) is 10.8. The fourth-order valence-electron chi connectivity index (χ4n) is 1.63. The van der Waals surface area contributed by atoms with Crippen LogP contribution in [0.25, 0.3) is 0 Å². The molecule has 0 aliphatic rings. The van der Waals surface area contributed by atoms with Crippen LogP contribution in [0.15, 0.2) is 30.3 Å². The van der Waals surface area contributed by atoms with Gasteiger partial charge in [0, 0.05) is 0 Å². The van der Waals surface area contributed by atoms with Crippen molar-refractivity contribution < 1.29 is 9.53 Å². The van der Waals surface area contributed by atoms with Gasteiger partial charge in [0.1, 0.15) is 5.02 Å². The molecule has 0 fully saturated rings. The average Bonchev–Trinajstić information content (AvgIpc) is 2.42. The molecule has 104 valence electrons. The standard InChI is InChI=1S/C15H11Cl3O2/c1-8-3-5-10(6-4-8)15(19)20-14-11(16)7-9(2)12(17)13(14)18/h3-7H,1-2H3. The van der Waals surface area contributed by atoms with E-state index in [1.54, 1.807) is 25.1 Å². The molecule has 0 radical (unpaired) electrons. The molecule has 0 aliphatic carbocycles. The van der Waals surface area contributed by atoms with Crippen LogP contribution in [0.5, 0.6) is 5.75 Å². The van der Waals surface area contributed by atoms with Crippen LogP contribution in [0, 0.1) is 13.8 Å². The summed E-state index contributed by atoms with van der Waals surface area (Å²) < 4.78 is 5.25. The summed E-state index contributed by atoms with van der Waals surface area (Å²) >= 11 is 18.1. The van der Waals surface area contributed by atoms with Gasteiger partial charge < -0.3 is 4.74 Å². The summed E-state index contributed by atoms with van der Waals surface area (Å²) in [5, 5.41) is 0.706. The number of halogens is 3. The van der Waals surface area contributed by atoms with Crippen molar-refractivity contribution in [3.8, 4) is 5.75 Å². The lowest BCUT2D eigenvalue weighted by molar-refractivity contribution is 0.0735. The first-order valence-corrected chi connectivity index (χ1v) is 6.96. The maximum atomic E-state index is 12.0. The number of benzene rings is 2. The Morgan fingerprint density at radius 2 is 1.60 bits per heavy atom. The van der Waals surface area contributed by atoms with Gasteiger partial charge in [0.05, 0.1) is 15.6 Å². The summed E-state index contributed by atoms with van der Waals surface area (Å²) in [4.78, 5) is 12.0. The van der Waals surface area contributed by atoms with Gasteiger partial charge in [-0.25, -0.2) is 4.79 Å². The molecular formula is C15H11Cl3O2. The third-order valence-electron chi connectivity index (χ3n) is 2.78. The van der Waals surface area contributed by atoms with Crippen LogP contribution < -0.4 is 4.74 Å². The van der Waals surface area contributed by atoms with Crippen molar-refractivity contribution in [2.75, 3.05) is 0 Å². The molecule has 0 spiro atoms. The molecule has 0 N–H and O–H groups in total. The molecule has 0 aromatic heterocycles. The second-order valence-corrected chi connectivity index (χ2v) is 5.55. The van der Waals surface area contributed by atoms with Crippen molar-refractivity contribution in [2.24, 2.45) is 0 Å². The summed E-state index contributed by atoms with van der Waals surface area (Å²) in [5.41, 5.74) is 2.19. The molecule has 0 bridgehead atoms. The number of hydrogen-bond acceptors (Lipinski definition) is 2. The summed E-state index contributed by atoms with van der Waals surface area (Å²) in [6.07, 6.45) is 0. The fourth-order valence-corrected chi connectivity index (χ4v) is 2.41. The van der Waals surface area contributed by atoms with Crippen LogP contribution in [-0.2, 0) is 0 Å². The van der Waals surface area contributed by atoms with Crippen molar-refractivity contribution >= 4 is 40.8 Å². The van der Waals surface area contributed by atoms with E-state index in [4.69, 9.17) is 39.5 Å². The molecule has 0 heterocycles. The highest BCUT2D eigenvalue weighted by Gasteiger charge is 2.18. The van der Waals surface area contributed by atoms with Gasteiger partial charge in [-0.15, -0.1) is 0 Å². The Morgan fingerprint density at radius 1 is 1.00 bits per heavy atom. The number of rotatable bonds is 2. The van der Waals surface area contributed by atoms with Gasteiger partial charge in [-0.1, -0.05) is 52.5 Å². The molecule has 0 saturated heterocycles. The predicted octanol–water partition coefficient (Wildman–Crippen LogP) is 5.48. The average molecular weight is 330 g/mol. The van der Waals surface area contributed by atoms with Crippen molar-refractivity contribution in [1.29, 1.82) is 0 Å². The first-order valence-electron chi connectivity index (χ1n) is 5.83. The molecule has 0 amide bonds. The second-order valence-electron chi connectivity index (χ2n) is 4.39. The Morgan fingerprint density at radius 3 is 2.20 bits per heavy atom. The SMILES string of the molecule is Cc1ccc(C(=O)Oc2c(Cl)cc(C)c(Cl)c2Cl)cc1. The maximum Gasteiger partial charge on any atom is 0.343 e. The molecule has 2 rings (SSSR count). The number of carbonyl (C=O) groups excluding carboxylic acids is 1. The van der Waals surface area contributed by atoms with Crippen LogP contribution in [0.2, 0.25) is 15.1 Å². The number of esters is 1. The van der Waals surface area contributed by atoms with Gasteiger partial charge in [-0.3, -0.25) is 0 Å². The monoisotopic (exact) mass is 328 g/mol. The van der Waals surface area contributed by atoms with Crippen LogP contribution >= 0.6 is 34.8 Å². The minimum absolute atomic E-state index is 0.0782. The van der Waals surface area contributed by atoms with Gasteiger partial charge in [0.15, 0.2) is 5.75 Å². The molecule has 0 saturated carbocycles. The summed E-state index contributed by atoms with van der Waals surface area (Å²) in [6, 6.07) is 8.60. The molecule has 2 aromatic carbocycles. The van der Waals surface area contributed by atoms with E-state index in [9.17, 15) is 4.79 Å². The van der Waals surface area contributed by atoms with E-state index in [2.05, 4.69) is 0 Å². The largest absolute Gasteiger partial charge is 0.420 e. The van der Waals surface area contributed by atoms with Crippen molar-refractivity contribution in [3.63, 3.8) is 0 Å². The Labute approximate surface area is 132 Å². The van der Waals surface area contributed by atoms with E-state index in [1.165, 1.54) is 0 Å². The van der Waals surface area contributed by atoms with Gasteiger partial charge in [0.25, 0.3) is 0 Å². The van der Waals surface area contributed by atoms with E-state index in [-0.39, 0.29) is 15.8 Å². The molecule has 2 aromatic rings. The highest BCUT2D eigenvalue weighted by molar-refractivity contribution is 6.45. The Kier molecular flexibility index (Phi) is 4.59. The highest BCUT2D eigenvalue weighted by Crippen LogP contribution is 2.40. The zero-order chi connectivity index (χ0) is 14.9. The number of aryl methyl sites for hydroxylation is 2. The van der Waals surface area contributed by atoms with Gasteiger partial charge in [-0.05, 0) is 37.6 Å². The van der Waals surface area contributed by atoms with Crippen molar-refractivity contribution in [1.82, 2.24) is 0 Å². The van der Waals surface area contributed by atoms with Crippen molar-refractivity contribution in [3.05, 3.63) is 62.1 Å². The smallest absolute Gasteiger partial charge is 0.343 e. The zero-order valence-corrected chi connectivity index (χ0v) is 13.1. The third kappa shape index (κ3) is 3.09.